The number of H-pyrrole nitrogens is 1. The Labute approximate surface area is 174 Å². The summed E-state index contributed by atoms with van der Waals surface area (Å²) in [6.45, 7) is 3.14. The number of hydrogen-bond donors (Lipinski definition) is 3. The molecule has 2 heterocycles. The molecule has 1 saturated heterocycles. The van der Waals surface area contributed by atoms with Crippen LogP contribution in [0.25, 0.3) is 0 Å². The number of nitrogens with zero attached hydrogens (tertiary/aromatic N) is 1. The van der Waals surface area contributed by atoms with E-state index >= 15 is 0 Å². The molecular weight excluding hydrogens is 388 g/mol. The molecular formula is C21H26N4O5. The van der Waals surface area contributed by atoms with Gasteiger partial charge < -0.3 is 19.5 Å². The largest absolute Gasteiger partial charge is 0.446 e. The summed E-state index contributed by atoms with van der Waals surface area (Å²) in [5, 5.41) is 12.6. The van der Waals surface area contributed by atoms with E-state index in [1.807, 2.05) is 37.3 Å². The first kappa shape index (κ1) is 20.2. The predicted molar refractivity (Wildman–Crippen MR) is 108 cm³/mol. The van der Waals surface area contributed by atoms with Gasteiger partial charge in [0, 0.05) is 17.7 Å². The van der Waals surface area contributed by atoms with Crippen LogP contribution in [0.15, 0.2) is 36.4 Å². The van der Waals surface area contributed by atoms with E-state index < -0.39 is 12.2 Å². The van der Waals surface area contributed by atoms with Crippen molar-refractivity contribution in [3.05, 3.63) is 47.7 Å². The molecule has 160 valence electrons. The minimum atomic E-state index is -0.560. The summed E-state index contributed by atoms with van der Waals surface area (Å²) in [5.41, 5.74) is 1.49. The zero-order valence-corrected chi connectivity index (χ0v) is 16.8. The summed E-state index contributed by atoms with van der Waals surface area (Å²) in [7, 11) is 0. The summed E-state index contributed by atoms with van der Waals surface area (Å²) in [6.07, 6.45) is 1.26. The molecule has 9 heteroatoms. The second-order valence-corrected chi connectivity index (χ2v) is 8.11. The molecule has 3 N–H and O–H groups in total. The van der Waals surface area contributed by atoms with Gasteiger partial charge in [-0.1, -0.05) is 30.3 Å². The van der Waals surface area contributed by atoms with Crippen LogP contribution < -0.4 is 10.6 Å². The molecule has 2 amide bonds. The topological polar surface area (TPSA) is 115 Å². The van der Waals surface area contributed by atoms with Crippen LogP contribution in [0.5, 0.6) is 0 Å². The van der Waals surface area contributed by atoms with Gasteiger partial charge in [-0.05, 0) is 31.7 Å². The number of carbonyl (C=O) groups excluding carboxylic acids is 2. The summed E-state index contributed by atoms with van der Waals surface area (Å²) in [5.74, 6) is 0.594. The lowest BCUT2D eigenvalue weighted by atomic mass is 10.0. The third-order valence-electron chi connectivity index (χ3n) is 5.38. The number of nitrogens with one attached hydrogen (secondary N) is 3. The highest BCUT2D eigenvalue weighted by Crippen LogP contribution is 2.36. The van der Waals surface area contributed by atoms with Crippen molar-refractivity contribution in [2.24, 2.45) is 0 Å². The molecule has 9 nitrogen and oxygen atoms in total. The van der Waals surface area contributed by atoms with E-state index in [4.69, 9.17) is 14.2 Å². The lowest BCUT2D eigenvalue weighted by molar-refractivity contribution is -0.0635. The average molecular weight is 414 g/mol. The van der Waals surface area contributed by atoms with Crippen LogP contribution >= 0.6 is 0 Å². The van der Waals surface area contributed by atoms with E-state index in [-0.39, 0.29) is 24.2 Å². The molecule has 1 aliphatic heterocycles. The molecule has 1 aliphatic carbocycles. The fraction of sp³-hybridized carbons (Fsp3) is 0.476. The highest BCUT2D eigenvalue weighted by atomic mass is 16.6. The van der Waals surface area contributed by atoms with Crippen LogP contribution in [-0.4, -0.2) is 47.2 Å². The molecule has 2 fully saturated rings. The standard InChI is InChI=1S/C21H26N4O5/c1-21(12-28-13-21)23-20(27)30-16-8-7-15(9-16)17-10-18(25-24-17)22-19(26)29-11-14-5-3-2-4-6-14/h2-6,10,15-16H,7-9,11-13H2,1H3,(H,23,27)(H2,22,24,25,26)/t15-,16+/m0/s1. The van der Waals surface area contributed by atoms with Gasteiger partial charge in [0.05, 0.1) is 18.8 Å². The van der Waals surface area contributed by atoms with Gasteiger partial charge in [0.25, 0.3) is 0 Å². The highest BCUT2D eigenvalue weighted by Gasteiger charge is 2.37. The molecule has 0 spiro atoms. The summed E-state index contributed by atoms with van der Waals surface area (Å²) in [4.78, 5) is 24.0. The van der Waals surface area contributed by atoms with Gasteiger partial charge in [-0.2, -0.15) is 5.10 Å². The number of rotatable bonds is 6. The first-order valence-corrected chi connectivity index (χ1v) is 10.1. The first-order chi connectivity index (χ1) is 14.5. The molecule has 2 aliphatic rings. The van der Waals surface area contributed by atoms with Gasteiger partial charge in [-0.15, -0.1) is 0 Å². The third-order valence-corrected chi connectivity index (χ3v) is 5.38. The second-order valence-electron chi connectivity index (χ2n) is 8.11. The van der Waals surface area contributed by atoms with Gasteiger partial charge in [0.2, 0.25) is 0 Å². The molecule has 2 aromatic rings. The van der Waals surface area contributed by atoms with Gasteiger partial charge in [0.15, 0.2) is 5.82 Å². The first-order valence-electron chi connectivity index (χ1n) is 10.1. The lowest BCUT2D eigenvalue weighted by Gasteiger charge is -2.38. The average Bonchev–Trinajstić information content (AvgIpc) is 3.35. The van der Waals surface area contributed by atoms with Crippen molar-refractivity contribution in [1.82, 2.24) is 15.5 Å². The number of ether oxygens (including phenoxy) is 3. The van der Waals surface area contributed by atoms with Crippen LogP contribution in [0, 0.1) is 0 Å². The van der Waals surface area contributed by atoms with E-state index in [2.05, 4.69) is 20.8 Å². The van der Waals surface area contributed by atoms with Gasteiger partial charge in [-0.3, -0.25) is 10.4 Å². The Kier molecular flexibility index (Phi) is 5.89. The van der Waals surface area contributed by atoms with Gasteiger partial charge >= 0.3 is 12.2 Å². The summed E-state index contributed by atoms with van der Waals surface area (Å²) < 4.78 is 15.9. The Morgan fingerprint density at radius 1 is 1.23 bits per heavy atom. The van der Waals surface area contributed by atoms with Crippen molar-refractivity contribution in [2.75, 3.05) is 18.5 Å². The molecule has 0 radical (unpaired) electrons. The Hall–Kier alpha value is -3.07. The second kappa shape index (κ2) is 8.74. The quantitative estimate of drug-likeness (QED) is 0.668. The number of aromatic nitrogens is 2. The third kappa shape index (κ3) is 5.10. The molecule has 1 aromatic carbocycles. The summed E-state index contributed by atoms with van der Waals surface area (Å²) in [6, 6.07) is 11.3. The molecule has 0 unspecified atom stereocenters. The number of aromatic amines is 1. The fourth-order valence-corrected chi connectivity index (χ4v) is 3.71. The normalized spacial score (nSPS) is 22.0. The van der Waals surface area contributed by atoms with E-state index in [0.29, 0.717) is 25.5 Å². The van der Waals surface area contributed by atoms with E-state index in [0.717, 1.165) is 24.1 Å². The zero-order valence-electron chi connectivity index (χ0n) is 16.8. The Balaban J connectivity index is 1.22. The fourth-order valence-electron chi connectivity index (χ4n) is 3.71. The van der Waals surface area contributed by atoms with Crippen LogP contribution in [0.1, 0.15) is 43.4 Å². The smallest absolute Gasteiger partial charge is 0.413 e. The van der Waals surface area contributed by atoms with E-state index in [9.17, 15) is 9.59 Å². The van der Waals surface area contributed by atoms with E-state index in [1.54, 1.807) is 6.07 Å². The highest BCUT2D eigenvalue weighted by molar-refractivity contribution is 5.83. The number of hydrogen-bond acceptors (Lipinski definition) is 6. The Bertz CT molecular complexity index is 881. The maximum atomic E-state index is 12.1. The predicted octanol–water partition coefficient (Wildman–Crippen LogP) is 3.31. The van der Waals surface area contributed by atoms with Crippen molar-refractivity contribution < 1.29 is 23.8 Å². The van der Waals surface area contributed by atoms with Crippen LogP contribution in [0.4, 0.5) is 15.4 Å². The number of anilines is 1. The maximum Gasteiger partial charge on any atom is 0.413 e. The molecule has 30 heavy (non-hydrogen) atoms. The molecule has 1 aromatic heterocycles. The van der Waals surface area contributed by atoms with Crippen molar-refractivity contribution in [3.63, 3.8) is 0 Å². The van der Waals surface area contributed by atoms with Gasteiger partial charge in [-0.25, -0.2) is 9.59 Å². The van der Waals surface area contributed by atoms with Gasteiger partial charge in [0.1, 0.15) is 12.7 Å². The van der Waals surface area contributed by atoms with E-state index in [1.165, 1.54) is 0 Å². The van der Waals surface area contributed by atoms with Crippen LogP contribution in [-0.2, 0) is 20.8 Å². The Morgan fingerprint density at radius 3 is 2.77 bits per heavy atom. The number of amides is 2. The minimum Gasteiger partial charge on any atom is -0.446 e. The van der Waals surface area contributed by atoms with Crippen molar-refractivity contribution >= 4 is 18.0 Å². The number of carbonyl (C=O) groups is 2. The Morgan fingerprint density at radius 2 is 2.03 bits per heavy atom. The summed E-state index contributed by atoms with van der Waals surface area (Å²) >= 11 is 0. The minimum absolute atomic E-state index is 0.143. The molecule has 0 bridgehead atoms. The van der Waals surface area contributed by atoms with Crippen molar-refractivity contribution in [1.29, 1.82) is 0 Å². The SMILES string of the molecule is CC1(NC(=O)O[C@@H]2CC[C@H](c3cc(NC(=O)OCc4ccccc4)n[nH]3)C2)COC1. The molecule has 1 saturated carbocycles. The zero-order chi connectivity index (χ0) is 21.0. The lowest BCUT2D eigenvalue weighted by Crippen LogP contribution is -2.60. The van der Waals surface area contributed by atoms with Crippen molar-refractivity contribution in [3.8, 4) is 0 Å². The van der Waals surface area contributed by atoms with Crippen LogP contribution in [0.3, 0.4) is 0 Å². The maximum absolute atomic E-state index is 12.1. The molecule has 4 rings (SSSR count). The number of alkyl carbamates (subject to hydrolysis) is 1. The number of benzene rings is 1. The van der Waals surface area contributed by atoms with Crippen LogP contribution in [0.2, 0.25) is 0 Å². The monoisotopic (exact) mass is 414 g/mol. The molecule has 2 atom stereocenters. The van der Waals surface area contributed by atoms with Crippen molar-refractivity contribution in [2.45, 2.75) is 50.4 Å².